The minimum atomic E-state index is -4.00. The molecule has 0 spiro atoms. The number of nitrogens with zero attached hydrogens (tertiary/aromatic N) is 3. The van der Waals surface area contributed by atoms with Gasteiger partial charge in [-0.05, 0) is 36.2 Å². The number of benzene rings is 2. The quantitative estimate of drug-likeness (QED) is 0.315. The van der Waals surface area contributed by atoms with Crippen LogP contribution in [-0.4, -0.2) is 48.7 Å². The molecular weight excluding hydrogens is 458 g/mol. The van der Waals surface area contributed by atoms with Gasteiger partial charge in [-0.15, -0.1) is 0 Å². The molecule has 1 saturated heterocycles. The minimum Gasteiger partial charge on any atom is -0.423 e. The van der Waals surface area contributed by atoms with E-state index in [0.717, 1.165) is 16.5 Å². The molecule has 1 fully saturated rings. The first-order valence-electron chi connectivity index (χ1n) is 9.85. The Bertz CT molecular complexity index is 1360. The van der Waals surface area contributed by atoms with E-state index >= 15 is 0 Å². The van der Waals surface area contributed by atoms with E-state index in [4.69, 9.17) is 16.0 Å². The van der Waals surface area contributed by atoms with Gasteiger partial charge in [0, 0.05) is 55.3 Å². The number of aryl methyl sites for hydroxylation is 1. The van der Waals surface area contributed by atoms with Gasteiger partial charge in [0.2, 0.25) is 10.0 Å². The third kappa shape index (κ3) is 4.26. The van der Waals surface area contributed by atoms with Gasteiger partial charge in [0.05, 0.1) is 4.92 Å². The van der Waals surface area contributed by atoms with Crippen molar-refractivity contribution in [2.75, 3.05) is 26.2 Å². The van der Waals surface area contributed by atoms with Crippen LogP contribution in [0.2, 0.25) is 5.02 Å². The summed E-state index contributed by atoms with van der Waals surface area (Å²) < 4.78 is 32.5. The zero-order valence-electron chi connectivity index (χ0n) is 17.2. The first-order valence-corrected chi connectivity index (χ1v) is 11.7. The molecule has 1 aromatic heterocycles. The highest BCUT2D eigenvalue weighted by molar-refractivity contribution is 7.89. The second-order valence-electron chi connectivity index (χ2n) is 7.59. The summed E-state index contributed by atoms with van der Waals surface area (Å²) in [5.41, 5.74) is 1.09. The molecule has 32 heavy (non-hydrogen) atoms. The molecule has 0 saturated carbocycles. The lowest BCUT2D eigenvalue weighted by atomic mass is 10.1. The summed E-state index contributed by atoms with van der Waals surface area (Å²) in [6, 6.07) is 10.2. The van der Waals surface area contributed by atoms with Gasteiger partial charge in [0.25, 0.3) is 5.69 Å². The molecule has 9 nitrogen and oxygen atoms in total. The summed E-state index contributed by atoms with van der Waals surface area (Å²) in [5, 5.41) is 12.6. The van der Waals surface area contributed by atoms with Crippen LogP contribution in [-0.2, 0) is 16.6 Å². The fraction of sp³-hybridized carbons (Fsp3) is 0.286. The Morgan fingerprint density at radius 2 is 1.81 bits per heavy atom. The van der Waals surface area contributed by atoms with Crippen molar-refractivity contribution >= 4 is 38.3 Å². The highest BCUT2D eigenvalue weighted by Gasteiger charge is 2.33. The molecule has 168 valence electrons. The molecule has 11 heteroatoms. The number of hydrogen-bond donors (Lipinski definition) is 0. The average molecular weight is 478 g/mol. The Morgan fingerprint density at radius 3 is 2.50 bits per heavy atom. The summed E-state index contributed by atoms with van der Waals surface area (Å²) in [7, 11) is -4.00. The van der Waals surface area contributed by atoms with Gasteiger partial charge in [-0.25, -0.2) is 13.2 Å². The number of sulfonamides is 1. The lowest BCUT2D eigenvalue weighted by Crippen LogP contribution is -2.48. The molecular formula is C21H20ClN3O6S. The van der Waals surface area contributed by atoms with Crippen LogP contribution in [0.4, 0.5) is 5.69 Å². The van der Waals surface area contributed by atoms with Crippen LogP contribution in [0.1, 0.15) is 11.1 Å². The van der Waals surface area contributed by atoms with E-state index in [1.54, 1.807) is 12.1 Å². The molecule has 0 bridgehead atoms. The van der Waals surface area contributed by atoms with E-state index in [-0.39, 0.29) is 18.0 Å². The van der Waals surface area contributed by atoms with Gasteiger partial charge in [0.1, 0.15) is 5.58 Å². The van der Waals surface area contributed by atoms with Crippen molar-refractivity contribution in [2.45, 2.75) is 18.4 Å². The fourth-order valence-electron chi connectivity index (χ4n) is 3.81. The van der Waals surface area contributed by atoms with Crippen molar-refractivity contribution < 1.29 is 17.8 Å². The summed E-state index contributed by atoms with van der Waals surface area (Å²) >= 11 is 6.25. The van der Waals surface area contributed by atoms with Crippen LogP contribution in [0.3, 0.4) is 0 Å². The van der Waals surface area contributed by atoms with Crippen molar-refractivity contribution in [3.05, 3.63) is 79.1 Å². The van der Waals surface area contributed by atoms with Crippen molar-refractivity contribution in [1.29, 1.82) is 0 Å². The van der Waals surface area contributed by atoms with Crippen molar-refractivity contribution in [1.82, 2.24) is 9.21 Å². The topological polar surface area (TPSA) is 114 Å². The first-order chi connectivity index (χ1) is 15.2. The van der Waals surface area contributed by atoms with Gasteiger partial charge in [-0.3, -0.25) is 15.0 Å². The number of halogens is 1. The summed E-state index contributed by atoms with van der Waals surface area (Å²) in [6.45, 7) is 3.40. The smallest absolute Gasteiger partial charge is 0.336 e. The highest BCUT2D eigenvalue weighted by Crippen LogP contribution is 2.28. The Labute approximate surface area is 189 Å². The van der Waals surface area contributed by atoms with Crippen LogP contribution in [0.5, 0.6) is 0 Å². The number of para-hydroxylation sites is 1. The second-order valence-corrected chi connectivity index (χ2v) is 9.91. The molecule has 0 unspecified atom stereocenters. The molecule has 0 radical (unpaired) electrons. The molecule has 2 aromatic carbocycles. The number of nitro groups is 1. The Balaban J connectivity index is 1.54. The molecule has 1 aliphatic heterocycles. The number of piperazine rings is 1. The van der Waals surface area contributed by atoms with Gasteiger partial charge in [-0.1, -0.05) is 23.7 Å². The predicted octanol–water partition coefficient (Wildman–Crippen LogP) is 3.17. The maximum atomic E-state index is 13.0. The Hall–Kier alpha value is -2.79. The van der Waals surface area contributed by atoms with Crippen LogP contribution < -0.4 is 5.63 Å². The minimum absolute atomic E-state index is 0.174. The van der Waals surface area contributed by atoms with E-state index in [0.29, 0.717) is 30.2 Å². The molecule has 2 heterocycles. The van der Waals surface area contributed by atoms with Crippen molar-refractivity contribution in [2.24, 2.45) is 0 Å². The third-order valence-electron chi connectivity index (χ3n) is 5.51. The van der Waals surface area contributed by atoms with Gasteiger partial charge in [-0.2, -0.15) is 4.31 Å². The second kappa shape index (κ2) is 8.62. The van der Waals surface area contributed by atoms with E-state index in [9.17, 15) is 23.3 Å². The zero-order valence-corrected chi connectivity index (χ0v) is 18.7. The molecule has 1 aliphatic rings. The number of hydrogen-bond acceptors (Lipinski definition) is 7. The monoisotopic (exact) mass is 477 g/mol. The lowest BCUT2D eigenvalue weighted by molar-refractivity contribution is -0.387. The zero-order chi connectivity index (χ0) is 23.0. The Morgan fingerprint density at radius 1 is 1.12 bits per heavy atom. The van der Waals surface area contributed by atoms with Crippen molar-refractivity contribution in [3.63, 3.8) is 0 Å². The van der Waals surface area contributed by atoms with Crippen LogP contribution in [0.25, 0.3) is 11.0 Å². The standard InChI is InChI=1S/C21H20ClN3O6S/c1-14-10-19-16(12-17(14)22)15(11-21(26)31-19)13-23-6-8-24(9-7-23)32(29,30)20-5-3-2-4-18(20)25(27)28/h2-5,10-12H,6-9,13H2,1H3. The third-order valence-corrected chi connectivity index (χ3v) is 7.87. The molecule has 3 aromatic rings. The van der Waals surface area contributed by atoms with E-state index in [1.807, 2.05) is 11.8 Å². The molecule has 0 aliphatic carbocycles. The van der Waals surface area contributed by atoms with E-state index < -0.39 is 26.3 Å². The van der Waals surface area contributed by atoms with Crippen LogP contribution >= 0.6 is 11.6 Å². The normalized spacial score (nSPS) is 15.8. The Kier molecular flexibility index (Phi) is 6.04. The molecule has 0 atom stereocenters. The average Bonchev–Trinajstić information content (AvgIpc) is 2.75. The van der Waals surface area contributed by atoms with E-state index in [2.05, 4.69) is 0 Å². The van der Waals surface area contributed by atoms with Gasteiger partial charge in [0.15, 0.2) is 4.90 Å². The lowest BCUT2D eigenvalue weighted by Gasteiger charge is -2.34. The highest BCUT2D eigenvalue weighted by atomic mass is 35.5. The summed E-state index contributed by atoms with van der Waals surface area (Å²) in [6.07, 6.45) is 0. The summed E-state index contributed by atoms with van der Waals surface area (Å²) in [4.78, 5) is 24.3. The van der Waals surface area contributed by atoms with E-state index in [1.165, 1.54) is 34.6 Å². The van der Waals surface area contributed by atoms with Gasteiger partial charge >= 0.3 is 5.63 Å². The van der Waals surface area contributed by atoms with Crippen molar-refractivity contribution in [3.8, 4) is 0 Å². The fourth-order valence-corrected chi connectivity index (χ4v) is 5.56. The van der Waals surface area contributed by atoms with Crippen LogP contribution in [0, 0.1) is 17.0 Å². The summed E-state index contributed by atoms with van der Waals surface area (Å²) in [5.74, 6) is 0. The maximum Gasteiger partial charge on any atom is 0.336 e. The van der Waals surface area contributed by atoms with Gasteiger partial charge < -0.3 is 4.42 Å². The molecule has 0 N–H and O–H groups in total. The predicted molar refractivity (Wildman–Crippen MR) is 119 cm³/mol. The molecule has 4 rings (SSSR count). The van der Waals surface area contributed by atoms with Crippen LogP contribution in [0.15, 0.2) is 56.6 Å². The number of fused-ring (bicyclic) bond motifs is 1. The SMILES string of the molecule is Cc1cc2oc(=O)cc(CN3CCN(S(=O)(=O)c4ccccc4[N+](=O)[O-])CC3)c2cc1Cl. The number of nitro benzene ring substituents is 1. The maximum absolute atomic E-state index is 13.0. The first kappa shape index (κ1) is 22.4. The number of rotatable bonds is 5. The molecule has 0 amide bonds. The largest absolute Gasteiger partial charge is 0.423 e.